The zero-order chi connectivity index (χ0) is 15.4. The highest BCUT2D eigenvalue weighted by molar-refractivity contribution is 5.87. The molecule has 7 heteroatoms. The van der Waals surface area contributed by atoms with Gasteiger partial charge in [0.05, 0.1) is 17.0 Å². The summed E-state index contributed by atoms with van der Waals surface area (Å²) in [6, 6.07) is 6.35. The van der Waals surface area contributed by atoms with Gasteiger partial charge in [-0.05, 0) is 18.6 Å². The molecule has 1 heterocycles. The van der Waals surface area contributed by atoms with E-state index in [0.717, 1.165) is 5.56 Å². The Morgan fingerprint density at radius 2 is 2.19 bits per heavy atom. The lowest BCUT2D eigenvalue weighted by Crippen LogP contribution is -2.13. The first-order chi connectivity index (χ1) is 9.99. The van der Waals surface area contributed by atoms with Crippen LogP contribution in [0.3, 0.4) is 0 Å². The Labute approximate surface area is 120 Å². The Morgan fingerprint density at radius 3 is 2.81 bits per heavy atom. The van der Waals surface area contributed by atoms with Crippen molar-refractivity contribution in [2.75, 3.05) is 0 Å². The Balaban J connectivity index is 1.98. The van der Waals surface area contributed by atoms with Crippen LogP contribution in [0.5, 0.6) is 0 Å². The molecule has 0 bridgehead atoms. The topological polar surface area (TPSA) is 106 Å². The van der Waals surface area contributed by atoms with Crippen molar-refractivity contribution in [2.45, 2.75) is 20.0 Å². The number of hydrogen-bond donors (Lipinski definition) is 2. The summed E-state index contributed by atoms with van der Waals surface area (Å²) in [6.45, 7) is 2.47. The second kappa shape index (κ2) is 6.19. The maximum absolute atomic E-state index is 10.9. The van der Waals surface area contributed by atoms with E-state index < -0.39 is 10.9 Å². The minimum atomic E-state index is -1.04. The molecule has 0 saturated carbocycles. The van der Waals surface area contributed by atoms with E-state index >= 15 is 0 Å². The summed E-state index contributed by atoms with van der Waals surface area (Å²) in [5.41, 5.74) is 1.61. The number of carboxylic acid groups (broad SMARTS) is 1. The van der Waals surface area contributed by atoms with Gasteiger partial charge in [-0.2, -0.15) is 0 Å². The first-order valence-electron chi connectivity index (χ1n) is 6.23. The number of furan rings is 1. The van der Waals surface area contributed by atoms with Crippen molar-refractivity contribution in [3.05, 3.63) is 63.1 Å². The molecule has 0 unspecified atom stereocenters. The van der Waals surface area contributed by atoms with Gasteiger partial charge < -0.3 is 14.8 Å². The molecule has 0 atom stereocenters. The maximum atomic E-state index is 10.9. The lowest BCUT2D eigenvalue weighted by Gasteiger charge is -2.07. The number of nitrogens with zero attached hydrogens (tertiary/aromatic N) is 1. The van der Waals surface area contributed by atoms with Crippen LogP contribution in [0.15, 0.2) is 34.9 Å². The van der Waals surface area contributed by atoms with Crippen molar-refractivity contribution >= 4 is 11.7 Å². The number of nitrogens with one attached hydrogen (secondary N) is 1. The molecule has 21 heavy (non-hydrogen) atoms. The van der Waals surface area contributed by atoms with Gasteiger partial charge in [0.2, 0.25) is 0 Å². The Hall–Kier alpha value is -2.67. The molecule has 110 valence electrons. The number of nitro groups is 1. The zero-order valence-corrected chi connectivity index (χ0v) is 11.3. The second-order valence-corrected chi connectivity index (χ2v) is 4.53. The van der Waals surface area contributed by atoms with Crippen LogP contribution in [-0.2, 0) is 13.1 Å². The Kier molecular flexibility index (Phi) is 4.34. The van der Waals surface area contributed by atoms with Crippen LogP contribution in [0.2, 0.25) is 0 Å². The molecule has 2 rings (SSSR count). The number of nitro benzene ring substituents is 1. The Bertz CT molecular complexity index is 678. The molecule has 0 saturated heterocycles. The van der Waals surface area contributed by atoms with E-state index in [-0.39, 0.29) is 11.3 Å². The lowest BCUT2D eigenvalue weighted by molar-refractivity contribution is -0.385. The molecule has 2 aromatic rings. The average molecular weight is 290 g/mol. The lowest BCUT2D eigenvalue weighted by atomic mass is 10.1. The number of benzene rings is 1. The number of aromatic carboxylic acids is 1. The van der Waals surface area contributed by atoms with E-state index in [9.17, 15) is 14.9 Å². The fraction of sp³-hybridized carbons (Fsp3) is 0.214. The quantitative estimate of drug-likeness (QED) is 0.625. The van der Waals surface area contributed by atoms with Crippen LogP contribution < -0.4 is 5.32 Å². The van der Waals surface area contributed by atoms with Gasteiger partial charge >= 0.3 is 5.97 Å². The van der Waals surface area contributed by atoms with Crippen LogP contribution in [0.25, 0.3) is 0 Å². The third-order valence-electron chi connectivity index (χ3n) is 3.13. The van der Waals surface area contributed by atoms with E-state index in [2.05, 4.69) is 5.32 Å². The van der Waals surface area contributed by atoms with Gasteiger partial charge in [-0.3, -0.25) is 10.1 Å². The average Bonchev–Trinajstić information content (AvgIpc) is 2.89. The van der Waals surface area contributed by atoms with Gasteiger partial charge in [0, 0.05) is 18.2 Å². The maximum Gasteiger partial charge on any atom is 0.338 e. The van der Waals surface area contributed by atoms with Crippen molar-refractivity contribution in [3.63, 3.8) is 0 Å². The normalized spacial score (nSPS) is 10.5. The molecular formula is C14H14N2O5. The third kappa shape index (κ3) is 3.46. The highest BCUT2D eigenvalue weighted by atomic mass is 16.6. The summed E-state index contributed by atoms with van der Waals surface area (Å²) in [6.07, 6.45) is 1.18. The highest BCUT2D eigenvalue weighted by Crippen LogP contribution is 2.21. The SMILES string of the molecule is Cc1c(CNCc2cc(C(=O)O)co2)cccc1[N+](=O)[O-]. The molecular weight excluding hydrogens is 276 g/mol. The van der Waals surface area contributed by atoms with E-state index in [1.54, 1.807) is 19.1 Å². The predicted octanol–water partition coefficient (Wildman–Crippen LogP) is 2.48. The molecule has 0 spiro atoms. The molecule has 0 aliphatic carbocycles. The molecule has 1 aromatic carbocycles. The molecule has 0 aliphatic heterocycles. The van der Waals surface area contributed by atoms with Gasteiger partial charge in [0.1, 0.15) is 12.0 Å². The minimum Gasteiger partial charge on any atom is -0.478 e. The summed E-state index contributed by atoms with van der Waals surface area (Å²) >= 11 is 0. The number of carboxylic acids is 1. The summed E-state index contributed by atoms with van der Waals surface area (Å²) in [5, 5.41) is 22.7. The molecule has 0 aliphatic rings. The van der Waals surface area contributed by atoms with Gasteiger partial charge in [-0.15, -0.1) is 0 Å². The van der Waals surface area contributed by atoms with E-state index in [1.165, 1.54) is 18.4 Å². The fourth-order valence-corrected chi connectivity index (χ4v) is 1.97. The van der Waals surface area contributed by atoms with E-state index in [0.29, 0.717) is 24.4 Å². The third-order valence-corrected chi connectivity index (χ3v) is 3.13. The summed E-state index contributed by atoms with van der Waals surface area (Å²) < 4.78 is 5.10. The summed E-state index contributed by atoms with van der Waals surface area (Å²) in [4.78, 5) is 21.1. The van der Waals surface area contributed by atoms with Crippen molar-refractivity contribution in [2.24, 2.45) is 0 Å². The highest BCUT2D eigenvalue weighted by Gasteiger charge is 2.13. The standard InChI is InChI=1S/C14H14N2O5/c1-9-10(3-2-4-13(9)16(19)20)6-15-7-12-5-11(8-21-12)14(17)18/h2-5,8,15H,6-7H2,1H3,(H,17,18). The molecule has 2 N–H and O–H groups in total. The van der Waals surface area contributed by atoms with Crippen molar-refractivity contribution in [3.8, 4) is 0 Å². The van der Waals surface area contributed by atoms with Crippen molar-refractivity contribution in [1.82, 2.24) is 5.32 Å². The van der Waals surface area contributed by atoms with E-state index in [4.69, 9.17) is 9.52 Å². The largest absolute Gasteiger partial charge is 0.478 e. The number of carbonyl (C=O) groups is 1. The molecule has 0 radical (unpaired) electrons. The van der Waals surface area contributed by atoms with Crippen molar-refractivity contribution in [1.29, 1.82) is 0 Å². The summed E-state index contributed by atoms with van der Waals surface area (Å²) in [7, 11) is 0. The van der Waals surface area contributed by atoms with Crippen molar-refractivity contribution < 1.29 is 19.2 Å². The van der Waals surface area contributed by atoms with E-state index in [1.807, 2.05) is 0 Å². The van der Waals surface area contributed by atoms with Crippen LogP contribution in [0.1, 0.15) is 27.2 Å². The monoisotopic (exact) mass is 290 g/mol. The first-order valence-corrected chi connectivity index (χ1v) is 6.23. The van der Waals surface area contributed by atoms with Crippen LogP contribution in [0, 0.1) is 17.0 Å². The Morgan fingerprint density at radius 1 is 1.43 bits per heavy atom. The molecule has 0 amide bonds. The van der Waals surface area contributed by atoms with Gasteiger partial charge in [-0.1, -0.05) is 12.1 Å². The van der Waals surface area contributed by atoms with Crippen LogP contribution in [0.4, 0.5) is 5.69 Å². The fourth-order valence-electron chi connectivity index (χ4n) is 1.97. The first kappa shape index (κ1) is 14.7. The molecule has 0 fully saturated rings. The second-order valence-electron chi connectivity index (χ2n) is 4.53. The number of hydrogen-bond acceptors (Lipinski definition) is 5. The smallest absolute Gasteiger partial charge is 0.338 e. The predicted molar refractivity (Wildman–Crippen MR) is 74.0 cm³/mol. The van der Waals surface area contributed by atoms with Crippen LogP contribution in [-0.4, -0.2) is 16.0 Å². The number of rotatable bonds is 6. The van der Waals surface area contributed by atoms with Crippen LogP contribution >= 0.6 is 0 Å². The molecule has 7 nitrogen and oxygen atoms in total. The van der Waals surface area contributed by atoms with Gasteiger partial charge in [-0.25, -0.2) is 4.79 Å². The van der Waals surface area contributed by atoms with Gasteiger partial charge in [0.15, 0.2) is 0 Å². The van der Waals surface area contributed by atoms with Gasteiger partial charge in [0.25, 0.3) is 5.69 Å². The summed E-state index contributed by atoms with van der Waals surface area (Å²) in [5.74, 6) is -0.546. The molecule has 1 aromatic heterocycles. The zero-order valence-electron chi connectivity index (χ0n) is 11.3. The minimum absolute atomic E-state index is 0.0838.